The highest BCUT2D eigenvalue weighted by Gasteiger charge is 2.16. The molecule has 22 heavy (non-hydrogen) atoms. The van der Waals surface area contributed by atoms with Gasteiger partial charge in [-0.3, -0.25) is 0 Å². The summed E-state index contributed by atoms with van der Waals surface area (Å²) in [5.74, 6) is 0.788. The van der Waals surface area contributed by atoms with Gasteiger partial charge in [0.25, 0.3) is 0 Å². The van der Waals surface area contributed by atoms with Crippen LogP contribution in [0.3, 0.4) is 0 Å². The molecule has 0 atom stereocenters. The second-order valence-electron chi connectivity index (χ2n) is 4.71. The van der Waals surface area contributed by atoms with Crippen molar-refractivity contribution in [1.82, 2.24) is 20.0 Å². The van der Waals surface area contributed by atoms with Gasteiger partial charge in [-0.05, 0) is 31.0 Å². The summed E-state index contributed by atoms with van der Waals surface area (Å²) in [4.78, 5) is 4.20. The van der Waals surface area contributed by atoms with Crippen LogP contribution in [0.1, 0.15) is 22.5 Å². The van der Waals surface area contributed by atoms with Crippen molar-refractivity contribution >= 4 is 11.3 Å². The van der Waals surface area contributed by atoms with E-state index in [1.165, 1.54) is 11.3 Å². The van der Waals surface area contributed by atoms with Gasteiger partial charge in [0.05, 0.1) is 0 Å². The van der Waals surface area contributed by atoms with Crippen molar-refractivity contribution < 1.29 is 4.74 Å². The molecule has 110 valence electrons. The van der Waals surface area contributed by atoms with Gasteiger partial charge in [-0.25, -0.2) is 4.98 Å². The Labute approximate surface area is 131 Å². The van der Waals surface area contributed by atoms with E-state index >= 15 is 0 Å². The molecule has 0 aliphatic rings. The van der Waals surface area contributed by atoms with Gasteiger partial charge in [0.2, 0.25) is 5.13 Å². The van der Waals surface area contributed by atoms with Gasteiger partial charge in [-0.2, -0.15) is 9.94 Å². The first-order valence-electron chi connectivity index (χ1n) is 6.64. The average molecular weight is 311 g/mol. The minimum absolute atomic E-state index is 0.208. The van der Waals surface area contributed by atoms with Crippen molar-refractivity contribution in [2.45, 2.75) is 20.5 Å². The number of rotatable bonds is 4. The highest BCUT2D eigenvalue weighted by atomic mass is 32.1. The predicted molar refractivity (Wildman–Crippen MR) is 82.0 cm³/mol. The Morgan fingerprint density at radius 3 is 2.95 bits per heavy atom. The second kappa shape index (κ2) is 5.95. The van der Waals surface area contributed by atoms with Gasteiger partial charge < -0.3 is 4.74 Å². The van der Waals surface area contributed by atoms with Crippen molar-refractivity contribution in [1.29, 1.82) is 5.26 Å². The molecule has 0 saturated carbocycles. The molecule has 6 nitrogen and oxygen atoms in total. The molecule has 0 fully saturated rings. The first-order chi connectivity index (χ1) is 10.7. The molecule has 0 bridgehead atoms. The zero-order chi connectivity index (χ0) is 15.5. The van der Waals surface area contributed by atoms with E-state index < -0.39 is 0 Å². The Bertz CT molecular complexity index is 832. The predicted octanol–water partition coefficient (Wildman–Crippen LogP) is 2.79. The summed E-state index contributed by atoms with van der Waals surface area (Å²) in [6.45, 7) is 4.25. The number of hydrogen-bond acceptors (Lipinski definition) is 6. The monoisotopic (exact) mass is 311 g/mol. The molecule has 3 aromatic rings. The lowest BCUT2D eigenvalue weighted by atomic mass is 10.1. The van der Waals surface area contributed by atoms with Crippen molar-refractivity contribution in [3.8, 4) is 17.0 Å². The van der Waals surface area contributed by atoms with E-state index in [2.05, 4.69) is 15.3 Å². The molecule has 0 aliphatic carbocycles. The molecule has 2 heterocycles. The lowest BCUT2D eigenvalue weighted by molar-refractivity contribution is 0.295. The third-order valence-electron chi connectivity index (χ3n) is 3.39. The van der Waals surface area contributed by atoms with Crippen LogP contribution in [0, 0.1) is 25.2 Å². The van der Waals surface area contributed by atoms with Crippen LogP contribution < -0.4 is 4.74 Å². The molecule has 1 aromatic carbocycles. The minimum Gasteiger partial charge on any atom is -0.487 e. The lowest BCUT2D eigenvalue weighted by Crippen LogP contribution is -2.07. The Kier molecular flexibility index (Phi) is 3.85. The van der Waals surface area contributed by atoms with Crippen molar-refractivity contribution in [2.75, 3.05) is 0 Å². The fourth-order valence-electron chi connectivity index (χ4n) is 2.02. The average Bonchev–Trinajstić information content (AvgIpc) is 3.17. The van der Waals surface area contributed by atoms with Crippen LogP contribution in [0.2, 0.25) is 0 Å². The van der Waals surface area contributed by atoms with Crippen LogP contribution in [-0.4, -0.2) is 20.0 Å². The molecule has 0 unspecified atom stereocenters. The number of nitrogens with zero attached hydrogens (tertiary/aromatic N) is 5. The van der Waals surface area contributed by atoms with Gasteiger partial charge in [-0.15, -0.1) is 16.4 Å². The van der Waals surface area contributed by atoms with Gasteiger partial charge in [0.1, 0.15) is 24.1 Å². The van der Waals surface area contributed by atoms with Crippen molar-refractivity contribution in [3.63, 3.8) is 0 Å². The Balaban J connectivity index is 1.91. The van der Waals surface area contributed by atoms with E-state index in [-0.39, 0.29) is 12.3 Å². The summed E-state index contributed by atoms with van der Waals surface area (Å²) in [5, 5.41) is 19.6. The van der Waals surface area contributed by atoms with Crippen molar-refractivity contribution in [3.05, 3.63) is 52.3 Å². The maximum atomic E-state index is 9.19. The van der Waals surface area contributed by atoms with Crippen LogP contribution in [0.4, 0.5) is 0 Å². The third kappa shape index (κ3) is 2.56. The van der Waals surface area contributed by atoms with Gasteiger partial charge in [0.15, 0.2) is 5.69 Å². The molecular weight excluding hydrogens is 298 g/mol. The normalized spacial score (nSPS) is 10.4. The number of aryl methyl sites for hydroxylation is 1. The van der Waals surface area contributed by atoms with E-state index in [0.717, 1.165) is 16.9 Å². The van der Waals surface area contributed by atoms with Crippen LogP contribution in [0.5, 0.6) is 5.75 Å². The third-order valence-corrected chi connectivity index (χ3v) is 4.14. The molecule has 3 rings (SSSR count). The van der Waals surface area contributed by atoms with E-state index in [4.69, 9.17) is 4.74 Å². The topological polar surface area (TPSA) is 76.6 Å². The number of aromatic nitrogens is 4. The van der Waals surface area contributed by atoms with E-state index in [9.17, 15) is 5.26 Å². The number of hydrogen-bond donors (Lipinski definition) is 0. The number of benzene rings is 1. The van der Waals surface area contributed by atoms with Crippen LogP contribution >= 0.6 is 11.3 Å². The molecule has 0 amide bonds. The largest absolute Gasteiger partial charge is 0.487 e. The first kappa shape index (κ1) is 14.2. The quantitative estimate of drug-likeness (QED) is 0.740. The smallest absolute Gasteiger partial charge is 0.212 e. The lowest BCUT2D eigenvalue weighted by Gasteiger charge is -2.11. The molecule has 0 spiro atoms. The summed E-state index contributed by atoms with van der Waals surface area (Å²) in [6, 6.07) is 7.93. The Morgan fingerprint density at radius 2 is 2.23 bits per heavy atom. The molecule has 7 heteroatoms. The summed E-state index contributed by atoms with van der Waals surface area (Å²) in [7, 11) is 0. The van der Waals surface area contributed by atoms with Crippen molar-refractivity contribution in [2.24, 2.45) is 0 Å². The van der Waals surface area contributed by atoms with E-state index in [1.807, 2.05) is 43.5 Å². The Hall–Kier alpha value is -2.72. The standard InChI is InChI=1S/C15H13N5OS/c1-10-4-3-5-14(11(10)2)21-9-13-12(8-16)18-19-20(13)15-17-6-7-22-15/h3-7H,9H2,1-2H3. The Morgan fingerprint density at radius 1 is 1.36 bits per heavy atom. The van der Waals surface area contributed by atoms with Gasteiger partial charge in [0, 0.05) is 11.6 Å². The van der Waals surface area contributed by atoms with E-state index in [1.54, 1.807) is 10.9 Å². The van der Waals surface area contributed by atoms with Gasteiger partial charge >= 0.3 is 0 Å². The highest BCUT2D eigenvalue weighted by Crippen LogP contribution is 2.23. The number of nitriles is 1. The maximum Gasteiger partial charge on any atom is 0.212 e. The molecule has 0 saturated heterocycles. The molecular formula is C15H13N5OS. The SMILES string of the molecule is Cc1cccc(OCc2c(C#N)nnn2-c2nccs2)c1C. The summed E-state index contributed by atoms with van der Waals surface area (Å²) in [5.41, 5.74) is 3.08. The summed E-state index contributed by atoms with van der Waals surface area (Å²) < 4.78 is 7.42. The summed E-state index contributed by atoms with van der Waals surface area (Å²) >= 11 is 1.43. The molecule has 0 aliphatic heterocycles. The molecule has 2 aromatic heterocycles. The van der Waals surface area contributed by atoms with Gasteiger partial charge in [-0.1, -0.05) is 17.3 Å². The second-order valence-corrected chi connectivity index (χ2v) is 5.58. The maximum absolute atomic E-state index is 9.19. The number of thiazole rings is 1. The fraction of sp³-hybridized carbons (Fsp3) is 0.200. The molecule has 0 N–H and O–H groups in total. The highest BCUT2D eigenvalue weighted by molar-refractivity contribution is 7.12. The van der Waals surface area contributed by atoms with Crippen LogP contribution in [0.15, 0.2) is 29.8 Å². The van der Waals surface area contributed by atoms with Crippen LogP contribution in [0.25, 0.3) is 5.13 Å². The summed E-state index contributed by atoms with van der Waals surface area (Å²) in [6.07, 6.45) is 1.68. The minimum atomic E-state index is 0.208. The van der Waals surface area contributed by atoms with Crippen LogP contribution in [-0.2, 0) is 6.61 Å². The zero-order valence-corrected chi connectivity index (χ0v) is 13.0. The fourth-order valence-corrected chi connectivity index (χ4v) is 2.63. The zero-order valence-electron chi connectivity index (χ0n) is 12.1. The first-order valence-corrected chi connectivity index (χ1v) is 7.52. The molecule has 0 radical (unpaired) electrons. The number of ether oxygens (including phenoxy) is 1. The van der Waals surface area contributed by atoms with E-state index in [0.29, 0.717) is 10.8 Å².